The van der Waals surface area contributed by atoms with Crippen LogP contribution < -0.4 is 0 Å². The summed E-state index contributed by atoms with van der Waals surface area (Å²) in [5.41, 5.74) is 0. The zero-order chi connectivity index (χ0) is 10.6. The number of aliphatic carboxylic acids is 1. The Morgan fingerprint density at radius 3 is 2.57 bits per heavy atom. The zero-order valence-electron chi connectivity index (χ0n) is 8.44. The van der Waals surface area contributed by atoms with Crippen molar-refractivity contribution in [2.75, 3.05) is 13.1 Å². The second kappa shape index (κ2) is 4.97. The highest BCUT2D eigenvalue weighted by molar-refractivity contribution is 5.73. The lowest BCUT2D eigenvalue weighted by Gasteiger charge is -2.33. The van der Waals surface area contributed by atoms with Crippen molar-refractivity contribution in [3.63, 3.8) is 0 Å². The van der Waals surface area contributed by atoms with Crippen LogP contribution in [0.1, 0.15) is 26.2 Å². The number of hydrogen-bond acceptors (Lipinski definition) is 3. The summed E-state index contributed by atoms with van der Waals surface area (Å²) in [7, 11) is 0. The van der Waals surface area contributed by atoms with E-state index in [1.54, 1.807) is 0 Å². The lowest BCUT2D eigenvalue weighted by Crippen LogP contribution is -2.45. The molecule has 0 aromatic heterocycles. The molecule has 78 valence electrons. The molecule has 1 rings (SSSR count). The molecule has 0 aromatic carbocycles. The summed E-state index contributed by atoms with van der Waals surface area (Å²) in [5.74, 6) is -0.625. The molecule has 0 spiro atoms. The minimum atomic E-state index is -0.747. The summed E-state index contributed by atoms with van der Waals surface area (Å²) >= 11 is 0. The van der Waals surface area contributed by atoms with Gasteiger partial charge in [0.25, 0.3) is 0 Å². The van der Waals surface area contributed by atoms with Crippen LogP contribution in [0, 0.1) is 17.2 Å². The van der Waals surface area contributed by atoms with Crippen molar-refractivity contribution in [1.29, 1.82) is 5.26 Å². The molecule has 4 heteroatoms. The molecule has 1 heterocycles. The topological polar surface area (TPSA) is 64.3 Å². The molecule has 0 saturated carbocycles. The van der Waals surface area contributed by atoms with Crippen LogP contribution in [-0.4, -0.2) is 35.1 Å². The summed E-state index contributed by atoms with van der Waals surface area (Å²) in [6.45, 7) is 3.36. The number of carboxylic acids is 1. The van der Waals surface area contributed by atoms with Crippen molar-refractivity contribution in [3.8, 4) is 6.07 Å². The van der Waals surface area contributed by atoms with Gasteiger partial charge in [0.05, 0.1) is 6.07 Å². The third-order valence-electron chi connectivity index (χ3n) is 2.82. The Hall–Kier alpha value is -1.08. The second-order valence-electron chi connectivity index (χ2n) is 3.70. The van der Waals surface area contributed by atoms with Crippen molar-refractivity contribution in [3.05, 3.63) is 0 Å². The van der Waals surface area contributed by atoms with Crippen LogP contribution in [0.2, 0.25) is 0 Å². The number of nitriles is 1. The van der Waals surface area contributed by atoms with Crippen molar-refractivity contribution < 1.29 is 9.90 Å². The first-order valence-electron chi connectivity index (χ1n) is 5.05. The summed E-state index contributed by atoms with van der Waals surface area (Å²) in [4.78, 5) is 12.8. The van der Waals surface area contributed by atoms with Gasteiger partial charge in [-0.15, -0.1) is 0 Å². The minimum Gasteiger partial charge on any atom is -0.480 e. The monoisotopic (exact) mass is 196 g/mol. The molecule has 4 nitrogen and oxygen atoms in total. The molecule has 1 atom stereocenters. The number of rotatable bonds is 3. The molecule has 0 bridgehead atoms. The molecule has 1 aliphatic heterocycles. The third kappa shape index (κ3) is 2.46. The molecule has 1 unspecified atom stereocenters. The molecule has 1 aliphatic rings. The average molecular weight is 196 g/mol. The van der Waals surface area contributed by atoms with Crippen molar-refractivity contribution >= 4 is 5.97 Å². The van der Waals surface area contributed by atoms with Crippen LogP contribution in [0.3, 0.4) is 0 Å². The largest absolute Gasteiger partial charge is 0.480 e. The van der Waals surface area contributed by atoms with Gasteiger partial charge in [0.1, 0.15) is 6.04 Å². The summed E-state index contributed by atoms with van der Waals surface area (Å²) in [5, 5.41) is 17.6. The van der Waals surface area contributed by atoms with E-state index in [1.165, 1.54) is 0 Å². The Bertz CT molecular complexity index is 239. The van der Waals surface area contributed by atoms with Gasteiger partial charge in [0.15, 0.2) is 0 Å². The first-order chi connectivity index (χ1) is 6.69. The number of carboxylic acid groups (broad SMARTS) is 1. The Kier molecular flexibility index (Phi) is 3.90. The lowest BCUT2D eigenvalue weighted by atomic mass is 9.97. The van der Waals surface area contributed by atoms with Crippen molar-refractivity contribution in [2.45, 2.75) is 32.2 Å². The highest BCUT2D eigenvalue weighted by Crippen LogP contribution is 2.19. The molecule has 14 heavy (non-hydrogen) atoms. The maximum absolute atomic E-state index is 10.9. The zero-order valence-corrected chi connectivity index (χ0v) is 8.44. The summed E-state index contributed by atoms with van der Waals surface area (Å²) in [6, 6.07) is 1.87. The maximum atomic E-state index is 10.9. The smallest absolute Gasteiger partial charge is 0.320 e. The van der Waals surface area contributed by atoms with Crippen LogP contribution in [-0.2, 0) is 4.79 Å². The van der Waals surface area contributed by atoms with E-state index in [-0.39, 0.29) is 12.0 Å². The van der Waals surface area contributed by atoms with Crippen LogP contribution in [0.15, 0.2) is 0 Å². The highest BCUT2D eigenvalue weighted by Gasteiger charge is 2.27. The van der Waals surface area contributed by atoms with Crippen LogP contribution in [0.5, 0.6) is 0 Å². The normalized spacial score (nSPS) is 21.4. The number of piperidine rings is 1. The average Bonchev–Trinajstić information content (AvgIpc) is 2.19. The SMILES string of the molecule is CCC(C(=O)O)N1CCC(C#N)CC1. The number of nitrogens with zero attached hydrogens (tertiary/aromatic N) is 2. The summed E-state index contributed by atoms with van der Waals surface area (Å²) < 4.78 is 0. The van der Waals surface area contributed by atoms with E-state index in [0.29, 0.717) is 6.42 Å². The molecule has 1 N–H and O–H groups in total. The Balaban J connectivity index is 2.48. The van der Waals surface area contributed by atoms with Gasteiger partial charge in [-0.2, -0.15) is 5.26 Å². The number of hydrogen-bond donors (Lipinski definition) is 1. The fourth-order valence-corrected chi connectivity index (χ4v) is 1.93. The van der Waals surface area contributed by atoms with Gasteiger partial charge in [-0.3, -0.25) is 9.69 Å². The number of likely N-dealkylation sites (tertiary alicyclic amines) is 1. The quantitative estimate of drug-likeness (QED) is 0.733. The Morgan fingerprint density at radius 2 is 2.21 bits per heavy atom. The molecule has 1 saturated heterocycles. The van der Waals surface area contributed by atoms with Crippen molar-refractivity contribution in [1.82, 2.24) is 4.90 Å². The first-order valence-corrected chi connectivity index (χ1v) is 5.05. The van der Waals surface area contributed by atoms with Gasteiger partial charge >= 0.3 is 5.97 Å². The maximum Gasteiger partial charge on any atom is 0.320 e. The van der Waals surface area contributed by atoms with Crippen LogP contribution in [0.25, 0.3) is 0 Å². The van der Waals surface area contributed by atoms with Gasteiger partial charge < -0.3 is 5.11 Å². The third-order valence-corrected chi connectivity index (χ3v) is 2.82. The Labute approximate surface area is 84.1 Å². The lowest BCUT2D eigenvalue weighted by molar-refractivity contribution is -0.144. The summed E-state index contributed by atoms with van der Waals surface area (Å²) in [6.07, 6.45) is 2.24. The van der Waals surface area contributed by atoms with Gasteiger partial charge in [-0.1, -0.05) is 6.92 Å². The molecule has 0 aromatic rings. The van der Waals surface area contributed by atoms with Crippen LogP contribution >= 0.6 is 0 Å². The molecular formula is C10H16N2O2. The van der Waals surface area contributed by atoms with E-state index < -0.39 is 5.97 Å². The van der Waals surface area contributed by atoms with E-state index in [4.69, 9.17) is 10.4 Å². The second-order valence-corrected chi connectivity index (χ2v) is 3.70. The molecular weight excluding hydrogens is 180 g/mol. The predicted octanol–water partition coefficient (Wildman–Crippen LogP) is 1.09. The standard InChI is InChI=1S/C10H16N2O2/c1-2-9(10(13)14)12-5-3-8(7-11)4-6-12/h8-9H,2-6H2,1H3,(H,13,14). The van der Waals surface area contributed by atoms with Crippen molar-refractivity contribution in [2.24, 2.45) is 5.92 Å². The fourth-order valence-electron chi connectivity index (χ4n) is 1.93. The highest BCUT2D eigenvalue weighted by atomic mass is 16.4. The van der Waals surface area contributed by atoms with Gasteiger partial charge in [0, 0.05) is 19.0 Å². The molecule has 0 aliphatic carbocycles. The molecule has 0 radical (unpaired) electrons. The van der Waals surface area contributed by atoms with Crippen LogP contribution in [0.4, 0.5) is 0 Å². The van der Waals surface area contributed by atoms with E-state index in [1.807, 2.05) is 11.8 Å². The number of carbonyl (C=O) groups is 1. The van der Waals surface area contributed by atoms with E-state index in [0.717, 1.165) is 25.9 Å². The Morgan fingerprint density at radius 1 is 1.64 bits per heavy atom. The molecule has 0 amide bonds. The minimum absolute atomic E-state index is 0.123. The van der Waals surface area contributed by atoms with Gasteiger partial charge in [0.2, 0.25) is 0 Å². The van der Waals surface area contributed by atoms with E-state index in [2.05, 4.69) is 6.07 Å². The van der Waals surface area contributed by atoms with E-state index >= 15 is 0 Å². The molecule has 1 fully saturated rings. The van der Waals surface area contributed by atoms with Gasteiger partial charge in [-0.05, 0) is 19.3 Å². The van der Waals surface area contributed by atoms with E-state index in [9.17, 15) is 4.79 Å². The first kappa shape index (κ1) is 11.0. The van der Waals surface area contributed by atoms with Gasteiger partial charge in [-0.25, -0.2) is 0 Å². The fraction of sp³-hybridized carbons (Fsp3) is 0.800. The predicted molar refractivity (Wildman–Crippen MR) is 51.6 cm³/mol.